The maximum absolute atomic E-state index is 12.2. The van der Waals surface area contributed by atoms with Gasteiger partial charge in [-0.25, -0.2) is 4.79 Å². The molecule has 1 aliphatic carbocycles. The number of fused-ring (bicyclic) bond motifs is 1. The summed E-state index contributed by atoms with van der Waals surface area (Å²) in [6, 6.07) is 8.24. The van der Waals surface area contributed by atoms with Crippen molar-refractivity contribution in [3.8, 4) is 10.4 Å². The van der Waals surface area contributed by atoms with Gasteiger partial charge in [-0.2, -0.15) is 0 Å². The minimum Gasteiger partial charge on any atom is -0.478 e. The molecular formula is C22H27NO3S. The molecule has 4 nitrogen and oxygen atoms in total. The van der Waals surface area contributed by atoms with Crippen molar-refractivity contribution in [1.82, 2.24) is 0 Å². The van der Waals surface area contributed by atoms with Crippen molar-refractivity contribution in [2.24, 2.45) is 5.41 Å². The second-order valence-corrected chi connectivity index (χ2v) is 9.57. The van der Waals surface area contributed by atoms with Crippen LogP contribution in [0.1, 0.15) is 47.5 Å². The van der Waals surface area contributed by atoms with Crippen LogP contribution in [0.4, 0.5) is 5.69 Å². The van der Waals surface area contributed by atoms with Crippen molar-refractivity contribution in [2.75, 3.05) is 25.1 Å². The van der Waals surface area contributed by atoms with E-state index in [1.165, 1.54) is 4.88 Å². The average molecular weight is 386 g/mol. The van der Waals surface area contributed by atoms with E-state index in [4.69, 9.17) is 4.74 Å². The number of benzene rings is 1. The number of carboxylic acids is 1. The molecule has 2 aromatic rings. The number of aryl methyl sites for hydroxylation is 1. The van der Waals surface area contributed by atoms with E-state index in [0.29, 0.717) is 5.56 Å². The summed E-state index contributed by atoms with van der Waals surface area (Å²) >= 11 is 1.68. The number of anilines is 1. The third-order valence-corrected chi connectivity index (χ3v) is 7.28. The first kappa shape index (κ1) is 18.5. The van der Waals surface area contributed by atoms with Gasteiger partial charge in [-0.3, -0.25) is 0 Å². The maximum atomic E-state index is 12.2. The van der Waals surface area contributed by atoms with Crippen LogP contribution in [0.25, 0.3) is 10.4 Å². The normalized spacial score (nSPS) is 21.3. The first-order valence-electron chi connectivity index (χ1n) is 9.64. The van der Waals surface area contributed by atoms with Gasteiger partial charge in [0.15, 0.2) is 0 Å². The van der Waals surface area contributed by atoms with Gasteiger partial charge in [0.25, 0.3) is 0 Å². The van der Waals surface area contributed by atoms with Crippen molar-refractivity contribution >= 4 is 23.0 Å². The van der Waals surface area contributed by atoms with Gasteiger partial charge in [0, 0.05) is 36.3 Å². The summed E-state index contributed by atoms with van der Waals surface area (Å²) in [6.45, 7) is 6.27. The molecule has 1 saturated heterocycles. The monoisotopic (exact) mass is 385 g/mol. The number of aromatic carboxylic acids is 1. The summed E-state index contributed by atoms with van der Waals surface area (Å²) in [5, 5.41) is 10.1. The Morgan fingerprint density at radius 3 is 2.81 bits per heavy atom. The van der Waals surface area contributed by atoms with E-state index in [1.807, 2.05) is 12.1 Å². The molecule has 144 valence electrons. The molecule has 1 atom stereocenters. The van der Waals surface area contributed by atoms with Gasteiger partial charge >= 0.3 is 5.97 Å². The van der Waals surface area contributed by atoms with Crippen LogP contribution in [0, 0.1) is 5.41 Å². The maximum Gasteiger partial charge on any atom is 0.337 e. The molecule has 1 N–H and O–H groups in total. The minimum atomic E-state index is -0.800. The molecule has 0 bridgehead atoms. The standard InChI is InChI=1S/C22H27NO3S/c1-22(2)10-8-18-16(12-22)19(21(24)25)20(27-18)15-6-4-5-7-17(15)23-11-9-14(13-23)26-3/h4-7,14H,8-13H2,1-3H3,(H,24,25)/t14-/m0/s1. The lowest BCUT2D eigenvalue weighted by molar-refractivity contribution is 0.0696. The molecule has 0 amide bonds. The lowest BCUT2D eigenvalue weighted by Gasteiger charge is -2.29. The van der Waals surface area contributed by atoms with E-state index in [2.05, 4.69) is 30.9 Å². The first-order valence-corrected chi connectivity index (χ1v) is 10.5. The third-order valence-electron chi connectivity index (χ3n) is 5.96. The molecule has 5 heteroatoms. The molecule has 2 heterocycles. The topological polar surface area (TPSA) is 49.8 Å². The minimum absolute atomic E-state index is 0.162. The van der Waals surface area contributed by atoms with Crippen LogP contribution in [0.5, 0.6) is 0 Å². The summed E-state index contributed by atoms with van der Waals surface area (Å²) in [5.41, 5.74) is 3.92. The molecule has 0 spiro atoms. The fourth-order valence-corrected chi connectivity index (χ4v) is 5.76. The Kier molecular flexibility index (Phi) is 4.77. The number of para-hydroxylation sites is 1. The Morgan fingerprint density at radius 1 is 1.33 bits per heavy atom. The van der Waals surface area contributed by atoms with E-state index in [-0.39, 0.29) is 11.5 Å². The fourth-order valence-electron chi connectivity index (χ4n) is 4.42. The Labute approximate surface area is 164 Å². The van der Waals surface area contributed by atoms with E-state index in [9.17, 15) is 9.90 Å². The molecule has 0 saturated carbocycles. The number of thiophene rings is 1. The lowest BCUT2D eigenvalue weighted by Crippen LogP contribution is -2.23. The SMILES string of the molecule is CO[C@H]1CCN(c2ccccc2-c2sc3c(c2C(=O)O)CC(C)(C)CC3)C1. The molecule has 27 heavy (non-hydrogen) atoms. The van der Waals surface area contributed by atoms with Crippen molar-refractivity contribution in [3.05, 3.63) is 40.3 Å². The molecule has 1 aromatic heterocycles. The third kappa shape index (κ3) is 3.39. The van der Waals surface area contributed by atoms with Crippen LogP contribution in [0.15, 0.2) is 24.3 Å². The summed E-state index contributed by atoms with van der Waals surface area (Å²) in [5.74, 6) is -0.800. The van der Waals surface area contributed by atoms with Crippen LogP contribution in [-0.2, 0) is 17.6 Å². The van der Waals surface area contributed by atoms with Gasteiger partial charge in [0.2, 0.25) is 0 Å². The number of nitrogens with zero attached hydrogens (tertiary/aromatic N) is 1. The van der Waals surface area contributed by atoms with E-state index in [1.54, 1.807) is 18.4 Å². The highest BCUT2D eigenvalue weighted by molar-refractivity contribution is 7.16. The fraction of sp³-hybridized carbons (Fsp3) is 0.500. The summed E-state index contributed by atoms with van der Waals surface area (Å²) in [6.07, 6.45) is 4.19. The summed E-state index contributed by atoms with van der Waals surface area (Å²) in [7, 11) is 1.76. The number of carbonyl (C=O) groups is 1. The predicted octanol–water partition coefficient (Wildman–Crippen LogP) is 4.85. The number of hydrogen-bond acceptors (Lipinski definition) is 4. The molecule has 0 unspecified atom stereocenters. The van der Waals surface area contributed by atoms with Crippen LogP contribution in [0.3, 0.4) is 0 Å². The zero-order valence-electron chi connectivity index (χ0n) is 16.2. The number of ether oxygens (including phenoxy) is 1. The Morgan fingerprint density at radius 2 is 2.11 bits per heavy atom. The molecule has 2 aliphatic rings. The van der Waals surface area contributed by atoms with Crippen molar-refractivity contribution in [1.29, 1.82) is 0 Å². The van der Waals surface area contributed by atoms with E-state index < -0.39 is 5.97 Å². The van der Waals surface area contributed by atoms with Crippen molar-refractivity contribution in [3.63, 3.8) is 0 Å². The quantitative estimate of drug-likeness (QED) is 0.817. The Bertz CT molecular complexity index is 870. The first-order chi connectivity index (χ1) is 12.9. The number of rotatable bonds is 4. The lowest BCUT2D eigenvalue weighted by atomic mass is 9.76. The van der Waals surface area contributed by atoms with Crippen molar-refractivity contribution in [2.45, 2.75) is 45.6 Å². The molecule has 0 radical (unpaired) electrons. The van der Waals surface area contributed by atoms with Crippen LogP contribution in [-0.4, -0.2) is 37.4 Å². The number of carboxylic acid groups (broad SMARTS) is 1. The second kappa shape index (κ2) is 6.95. The van der Waals surface area contributed by atoms with Crippen molar-refractivity contribution < 1.29 is 14.6 Å². The summed E-state index contributed by atoms with van der Waals surface area (Å²) in [4.78, 5) is 16.7. The highest BCUT2D eigenvalue weighted by Gasteiger charge is 2.34. The highest BCUT2D eigenvalue weighted by Crippen LogP contribution is 2.47. The van der Waals surface area contributed by atoms with Gasteiger partial charge in [-0.1, -0.05) is 32.0 Å². The van der Waals surface area contributed by atoms with Gasteiger partial charge in [0.05, 0.1) is 16.5 Å². The highest BCUT2D eigenvalue weighted by atomic mass is 32.1. The zero-order chi connectivity index (χ0) is 19.2. The molecule has 1 aliphatic heterocycles. The molecule has 4 rings (SSSR count). The van der Waals surface area contributed by atoms with Gasteiger partial charge in [0.1, 0.15) is 0 Å². The van der Waals surface area contributed by atoms with E-state index >= 15 is 0 Å². The molecule has 1 aromatic carbocycles. The summed E-state index contributed by atoms with van der Waals surface area (Å²) < 4.78 is 5.53. The number of hydrogen-bond donors (Lipinski definition) is 1. The van der Waals surface area contributed by atoms with Gasteiger partial charge in [-0.15, -0.1) is 11.3 Å². The van der Waals surface area contributed by atoms with Crippen LogP contribution < -0.4 is 4.90 Å². The average Bonchev–Trinajstić information content (AvgIpc) is 3.25. The zero-order valence-corrected chi connectivity index (χ0v) is 17.1. The Hall–Kier alpha value is -1.85. The second-order valence-electron chi connectivity index (χ2n) is 8.46. The van der Waals surface area contributed by atoms with Crippen LogP contribution in [0.2, 0.25) is 0 Å². The van der Waals surface area contributed by atoms with Gasteiger partial charge in [-0.05, 0) is 42.7 Å². The largest absolute Gasteiger partial charge is 0.478 e. The molecular weight excluding hydrogens is 358 g/mol. The molecule has 1 fully saturated rings. The smallest absolute Gasteiger partial charge is 0.337 e. The number of methoxy groups -OCH3 is 1. The van der Waals surface area contributed by atoms with Crippen LogP contribution >= 0.6 is 11.3 Å². The predicted molar refractivity (Wildman–Crippen MR) is 110 cm³/mol. The van der Waals surface area contributed by atoms with E-state index in [0.717, 1.165) is 60.5 Å². The van der Waals surface area contributed by atoms with Gasteiger partial charge < -0.3 is 14.7 Å². The Balaban J connectivity index is 1.81.